The number of anilines is 1. The molecule has 2 N–H and O–H groups in total. The lowest BCUT2D eigenvalue weighted by Gasteiger charge is -2.08. The second-order valence-electron chi connectivity index (χ2n) is 6.10. The van der Waals surface area contributed by atoms with E-state index in [1.165, 1.54) is 6.92 Å². The molecule has 2 rings (SSSR count). The molecule has 7 heteroatoms. The number of carbonyl (C=O) groups excluding carboxylic acids is 4. The highest BCUT2D eigenvalue weighted by Gasteiger charge is 2.11. The van der Waals surface area contributed by atoms with Crippen molar-refractivity contribution in [3.05, 3.63) is 65.7 Å². The van der Waals surface area contributed by atoms with Gasteiger partial charge in [0.2, 0.25) is 5.91 Å². The quantitative estimate of drug-likeness (QED) is 0.512. The third-order valence-corrected chi connectivity index (χ3v) is 3.83. The Bertz CT molecular complexity index is 832. The first-order chi connectivity index (χ1) is 13.4. The van der Waals surface area contributed by atoms with Crippen molar-refractivity contribution < 1.29 is 23.9 Å². The highest BCUT2D eigenvalue weighted by Crippen LogP contribution is 2.10. The highest BCUT2D eigenvalue weighted by molar-refractivity contribution is 5.96. The maximum absolute atomic E-state index is 11.8. The monoisotopic (exact) mass is 382 g/mol. The number of ether oxygens (including phenoxy) is 1. The lowest BCUT2D eigenvalue weighted by atomic mass is 10.1. The second kappa shape index (κ2) is 10.6. The SMILES string of the molecule is CC(=O)c1ccc(NC(=O)COC(=O)CCC(=O)NCc2ccccc2)cc1. The second-order valence-corrected chi connectivity index (χ2v) is 6.10. The Labute approximate surface area is 163 Å². The van der Waals surface area contributed by atoms with Crippen molar-refractivity contribution in [2.45, 2.75) is 26.3 Å². The molecule has 0 heterocycles. The zero-order valence-electron chi connectivity index (χ0n) is 15.6. The van der Waals surface area contributed by atoms with Crippen molar-refractivity contribution in [1.82, 2.24) is 5.32 Å². The Hall–Kier alpha value is -3.48. The Balaban J connectivity index is 1.63. The normalized spacial score (nSPS) is 10.0. The smallest absolute Gasteiger partial charge is 0.306 e. The zero-order valence-corrected chi connectivity index (χ0v) is 15.6. The summed E-state index contributed by atoms with van der Waals surface area (Å²) in [6, 6.07) is 15.8. The van der Waals surface area contributed by atoms with Gasteiger partial charge in [0.05, 0.1) is 6.42 Å². The summed E-state index contributed by atoms with van der Waals surface area (Å²) in [5.74, 6) is -1.47. The number of benzene rings is 2. The largest absolute Gasteiger partial charge is 0.456 e. The van der Waals surface area contributed by atoms with E-state index in [2.05, 4.69) is 10.6 Å². The fraction of sp³-hybridized carbons (Fsp3) is 0.238. The summed E-state index contributed by atoms with van der Waals surface area (Å²) in [4.78, 5) is 46.4. The predicted molar refractivity (Wildman–Crippen MR) is 104 cm³/mol. The molecule has 0 unspecified atom stereocenters. The topological polar surface area (TPSA) is 102 Å². The van der Waals surface area contributed by atoms with Gasteiger partial charge in [0.25, 0.3) is 5.91 Å². The number of ketones is 1. The van der Waals surface area contributed by atoms with E-state index < -0.39 is 18.5 Å². The first kappa shape index (κ1) is 20.8. The van der Waals surface area contributed by atoms with Crippen LogP contribution in [0.2, 0.25) is 0 Å². The molecular formula is C21H22N2O5. The van der Waals surface area contributed by atoms with Crippen LogP contribution in [0.1, 0.15) is 35.7 Å². The maximum Gasteiger partial charge on any atom is 0.306 e. The van der Waals surface area contributed by atoms with Gasteiger partial charge in [-0.3, -0.25) is 19.2 Å². The summed E-state index contributed by atoms with van der Waals surface area (Å²) in [6.07, 6.45) is -0.124. The lowest BCUT2D eigenvalue weighted by Crippen LogP contribution is -2.25. The molecule has 28 heavy (non-hydrogen) atoms. The Morgan fingerprint density at radius 1 is 0.857 bits per heavy atom. The molecule has 0 bridgehead atoms. The van der Waals surface area contributed by atoms with E-state index in [9.17, 15) is 19.2 Å². The number of hydrogen-bond donors (Lipinski definition) is 2. The minimum Gasteiger partial charge on any atom is -0.456 e. The maximum atomic E-state index is 11.8. The minimum atomic E-state index is -0.628. The predicted octanol–water partition coefficient (Wildman–Crippen LogP) is 2.47. The summed E-state index contributed by atoms with van der Waals surface area (Å²) < 4.78 is 4.87. The molecule has 0 saturated heterocycles. The molecule has 0 aliphatic heterocycles. The molecule has 0 atom stereocenters. The van der Waals surface area contributed by atoms with Crippen molar-refractivity contribution in [3.63, 3.8) is 0 Å². The van der Waals surface area contributed by atoms with E-state index in [0.717, 1.165) is 5.56 Å². The zero-order chi connectivity index (χ0) is 20.4. The fourth-order valence-electron chi connectivity index (χ4n) is 2.30. The van der Waals surface area contributed by atoms with Gasteiger partial charge >= 0.3 is 5.97 Å². The number of amides is 2. The van der Waals surface area contributed by atoms with Crippen LogP contribution < -0.4 is 10.6 Å². The summed E-state index contributed by atoms with van der Waals surface area (Å²) in [7, 11) is 0. The molecule has 0 saturated carbocycles. The van der Waals surface area contributed by atoms with Crippen molar-refractivity contribution in [2.24, 2.45) is 0 Å². The van der Waals surface area contributed by atoms with Gasteiger partial charge in [-0.2, -0.15) is 0 Å². The van der Waals surface area contributed by atoms with Crippen molar-refractivity contribution in [3.8, 4) is 0 Å². The Morgan fingerprint density at radius 2 is 1.54 bits per heavy atom. The van der Waals surface area contributed by atoms with Crippen LogP contribution in [0.5, 0.6) is 0 Å². The molecule has 146 valence electrons. The average molecular weight is 382 g/mol. The Kier molecular flexibility index (Phi) is 7.90. The minimum absolute atomic E-state index is 0.0141. The first-order valence-corrected chi connectivity index (χ1v) is 8.81. The molecule has 0 aliphatic rings. The number of Topliss-reactive ketones (excluding diaryl/α,β-unsaturated/α-hetero) is 1. The van der Waals surface area contributed by atoms with Crippen molar-refractivity contribution >= 4 is 29.3 Å². The number of carbonyl (C=O) groups is 4. The van der Waals surface area contributed by atoms with Crippen LogP contribution in [0, 0.1) is 0 Å². The molecule has 2 aromatic rings. The van der Waals surface area contributed by atoms with E-state index in [4.69, 9.17) is 4.74 Å². The van der Waals surface area contributed by atoms with E-state index in [0.29, 0.717) is 17.8 Å². The van der Waals surface area contributed by atoms with Crippen LogP contribution in [0.3, 0.4) is 0 Å². The molecule has 0 spiro atoms. The third-order valence-electron chi connectivity index (χ3n) is 3.83. The van der Waals surface area contributed by atoms with Crippen molar-refractivity contribution in [2.75, 3.05) is 11.9 Å². The van der Waals surface area contributed by atoms with Gasteiger partial charge in [-0.05, 0) is 36.8 Å². The molecule has 2 aromatic carbocycles. The van der Waals surface area contributed by atoms with E-state index in [-0.39, 0.29) is 24.5 Å². The van der Waals surface area contributed by atoms with E-state index >= 15 is 0 Å². The summed E-state index contributed by atoms with van der Waals surface area (Å²) in [5.41, 5.74) is 1.99. The summed E-state index contributed by atoms with van der Waals surface area (Å²) in [5, 5.41) is 5.27. The fourth-order valence-corrected chi connectivity index (χ4v) is 2.30. The van der Waals surface area contributed by atoms with Gasteiger partial charge in [0.15, 0.2) is 12.4 Å². The summed E-state index contributed by atoms with van der Waals surface area (Å²) >= 11 is 0. The average Bonchev–Trinajstić information content (AvgIpc) is 2.70. The van der Waals surface area contributed by atoms with Crippen LogP contribution in [-0.4, -0.2) is 30.2 Å². The van der Waals surface area contributed by atoms with E-state index in [1.54, 1.807) is 24.3 Å². The van der Waals surface area contributed by atoms with Crippen molar-refractivity contribution in [1.29, 1.82) is 0 Å². The Morgan fingerprint density at radius 3 is 2.18 bits per heavy atom. The highest BCUT2D eigenvalue weighted by atomic mass is 16.5. The molecule has 0 aromatic heterocycles. The van der Waals surface area contributed by atoms with Crippen LogP contribution in [0.4, 0.5) is 5.69 Å². The number of nitrogens with one attached hydrogen (secondary N) is 2. The molecule has 0 aliphatic carbocycles. The van der Waals surface area contributed by atoms with Crippen LogP contribution in [0.25, 0.3) is 0 Å². The number of hydrogen-bond acceptors (Lipinski definition) is 5. The van der Waals surface area contributed by atoms with Gasteiger partial charge in [-0.15, -0.1) is 0 Å². The van der Waals surface area contributed by atoms with Crippen LogP contribution >= 0.6 is 0 Å². The van der Waals surface area contributed by atoms with Crippen LogP contribution in [-0.2, 0) is 25.7 Å². The van der Waals surface area contributed by atoms with Gasteiger partial charge in [-0.25, -0.2) is 0 Å². The molecule has 2 amide bonds. The van der Waals surface area contributed by atoms with Gasteiger partial charge in [0.1, 0.15) is 0 Å². The number of rotatable bonds is 9. The number of esters is 1. The standard InChI is InChI=1S/C21H22N2O5/c1-15(24)17-7-9-18(10-8-17)23-20(26)14-28-21(27)12-11-19(25)22-13-16-5-3-2-4-6-16/h2-10H,11-14H2,1H3,(H,22,25)(H,23,26). The van der Waals surface area contributed by atoms with Gasteiger partial charge in [-0.1, -0.05) is 30.3 Å². The lowest BCUT2D eigenvalue weighted by molar-refractivity contribution is -0.148. The van der Waals surface area contributed by atoms with E-state index in [1.807, 2.05) is 30.3 Å². The van der Waals surface area contributed by atoms with Gasteiger partial charge < -0.3 is 15.4 Å². The molecule has 0 radical (unpaired) electrons. The first-order valence-electron chi connectivity index (χ1n) is 8.81. The third kappa shape index (κ3) is 7.41. The summed E-state index contributed by atoms with van der Waals surface area (Å²) in [6.45, 7) is 1.40. The molecule has 0 fully saturated rings. The molecular weight excluding hydrogens is 360 g/mol. The molecule has 7 nitrogen and oxygen atoms in total. The van der Waals surface area contributed by atoms with Crippen LogP contribution in [0.15, 0.2) is 54.6 Å². The van der Waals surface area contributed by atoms with Gasteiger partial charge in [0, 0.05) is 24.2 Å².